The van der Waals surface area contributed by atoms with E-state index in [1.807, 2.05) is 41.3 Å². The molecule has 3 aromatic rings. The van der Waals surface area contributed by atoms with Crippen LogP contribution in [0.4, 0.5) is 13.6 Å². The summed E-state index contributed by atoms with van der Waals surface area (Å²) >= 11 is 0. The first-order chi connectivity index (χ1) is 16.5. The highest BCUT2D eigenvalue weighted by Crippen LogP contribution is 2.43. The molecule has 0 aliphatic carbocycles. The average molecular weight is 463 g/mol. The van der Waals surface area contributed by atoms with Crippen LogP contribution in [0.2, 0.25) is 0 Å². The highest BCUT2D eigenvalue weighted by molar-refractivity contribution is 5.99. The largest absolute Gasteiger partial charge is 0.446 e. The van der Waals surface area contributed by atoms with E-state index >= 15 is 4.39 Å². The number of ether oxygens (including phenoxy) is 1. The van der Waals surface area contributed by atoms with Gasteiger partial charge in [-0.1, -0.05) is 60.7 Å². The molecule has 2 aliphatic heterocycles. The van der Waals surface area contributed by atoms with E-state index < -0.39 is 35.4 Å². The Bertz CT molecular complexity index is 1180. The highest BCUT2D eigenvalue weighted by Gasteiger charge is 2.58. The number of pyridine rings is 1. The zero-order valence-electron chi connectivity index (χ0n) is 18.3. The van der Waals surface area contributed by atoms with Gasteiger partial charge in [-0.05, 0) is 23.3 Å². The highest BCUT2D eigenvalue weighted by atomic mass is 19.1. The van der Waals surface area contributed by atoms with Gasteiger partial charge >= 0.3 is 6.09 Å². The predicted octanol–water partition coefficient (Wildman–Crippen LogP) is 4.25. The summed E-state index contributed by atoms with van der Waals surface area (Å²) in [6.07, 6.45) is 0.139. The number of hydrogen-bond donors (Lipinski definition) is 0. The molecule has 2 amide bonds. The maximum absolute atomic E-state index is 16.8. The SMILES string of the molecule is O=C1OC[C@@H](c2ccccc2)N1C(=O)[C@]1(F)CN(Cc2ccccc2)C[C@H]1c1ccc(F)cn1. The quantitative estimate of drug-likeness (QED) is 0.566. The molecule has 3 heterocycles. The van der Waals surface area contributed by atoms with Gasteiger partial charge in [-0.25, -0.2) is 18.5 Å². The molecule has 2 saturated heterocycles. The lowest BCUT2D eigenvalue weighted by molar-refractivity contribution is -0.142. The molecule has 2 fully saturated rings. The van der Waals surface area contributed by atoms with Gasteiger partial charge in [0, 0.05) is 25.3 Å². The van der Waals surface area contributed by atoms with Gasteiger partial charge in [-0.15, -0.1) is 0 Å². The van der Waals surface area contributed by atoms with Crippen LogP contribution in [-0.2, 0) is 16.1 Å². The smallest absolute Gasteiger partial charge is 0.417 e. The summed E-state index contributed by atoms with van der Waals surface area (Å²) in [5.41, 5.74) is -0.541. The minimum Gasteiger partial charge on any atom is -0.446 e. The normalized spacial score (nSPS) is 24.9. The average Bonchev–Trinajstić information content (AvgIpc) is 3.40. The number of likely N-dealkylation sites (tertiary alicyclic amines) is 1. The summed E-state index contributed by atoms with van der Waals surface area (Å²) in [6, 6.07) is 20.3. The van der Waals surface area contributed by atoms with E-state index in [1.165, 1.54) is 12.1 Å². The molecule has 2 aliphatic rings. The molecule has 0 saturated carbocycles. The topological polar surface area (TPSA) is 62.7 Å². The van der Waals surface area contributed by atoms with Gasteiger partial charge in [0.1, 0.15) is 18.5 Å². The van der Waals surface area contributed by atoms with Crippen LogP contribution < -0.4 is 0 Å². The van der Waals surface area contributed by atoms with Gasteiger partial charge in [0.05, 0.1) is 12.1 Å². The third-order valence-corrected chi connectivity index (χ3v) is 6.43. The van der Waals surface area contributed by atoms with Crippen molar-refractivity contribution in [2.45, 2.75) is 24.2 Å². The molecule has 5 rings (SSSR count). The molecule has 3 atom stereocenters. The second-order valence-electron chi connectivity index (χ2n) is 8.65. The first-order valence-electron chi connectivity index (χ1n) is 11.1. The Labute approximate surface area is 195 Å². The van der Waals surface area contributed by atoms with Crippen LogP contribution in [0.1, 0.15) is 28.8 Å². The van der Waals surface area contributed by atoms with Crippen LogP contribution in [0.5, 0.6) is 0 Å². The first kappa shape index (κ1) is 22.2. The number of carbonyl (C=O) groups excluding carboxylic acids is 2. The molecule has 0 unspecified atom stereocenters. The number of amides is 2. The maximum Gasteiger partial charge on any atom is 0.417 e. The van der Waals surface area contributed by atoms with E-state index in [0.717, 1.165) is 16.7 Å². The van der Waals surface area contributed by atoms with Crippen molar-refractivity contribution in [3.8, 4) is 0 Å². The Balaban J connectivity index is 1.49. The molecule has 6 nitrogen and oxygen atoms in total. The number of alkyl halides is 1. The van der Waals surface area contributed by atoms with Crippen LogP contribution in [0.25, 0.3) is 0 Å². The Morgan fingerprint density at radius 1 is 1.06 bits per heavy atom. The standard InChI is InChI=1S/C26H23F2N3O3/c27-20-11-12-22(29-13-20)21-15-30(14-18-7-3-1-4-8-18)17-26(21,28)24(32)31-23(16-34-25(31)33)19-9-5-2-6-10-19/h1-13,21,23H,14-17H2/t21-,23-,26-/m0/s1. The molecule has 1 aromatic heterocycles. The van der Waals surface area contributed by atoms with Crippen molar-refractivity contribution in [3.63, 3.8) is 0 Å². The number of imide groups is 1. The number of aromatic nitrogens is 1. The predicted molar refractivity (Wildman–Crippen MR) is 120 cm³/mol. The minimum absolute atomic E-state index is 0.0438. The second-order valence-corrected chi connectivity index (χ2v) is 8.65. The van der Waals surface area contributed by atoms with Gasteiger partial charge in [-0.3, -0.25) is 14.7 Å². The van der Waals surface area contributed by atoms with Crippen molar-refractivity contribution in [3.05, 3.63) is 102 Å². The maximum atomic E-state index is 16.8. The van der Waals surface area contributed by atoms with E-state index in [0.29, 0.717) is 12.1 Å². The Morgan fingerprint density at radius 2 is 1.76 bits per heavy atom. The third kappa shape index (κ3) is 4.05. The number of cyclic esters (lactones) is 1. The van der Waals surface area contributed by atoms with Crippen LogP contribution in [0.15, 0.2) is 79.0 Å². The molecular weight excluding hydrogens is 440 g/mol. The van der Waals surface area contributed by atoms with Crippen molar-refractivity contribution in [1.29, 1.82) is 0 Å². The number of hydrogen-bond acceptors (Lipinski definition) is 5. The van der Waals surface area contributed by atoms with Crippen molar-refractivity contribution < 1.29 is 23.1 Å². The molecule has 174 valence electrons. The summed E-state index contributed by atoms with van der Waals surface area (Å²) in [5, 5.41) is 0. The summed E-state index contributed by atoms with van der Waals surface area (Å²) in [4.78, 5) is 33.1. The minimum atomic E-state index is -2.45. The lowest BCUT2D eigenvalue weighted by Crippen LogP contribution is -2.51. The van der Waals surface area contributed by atoms with E-state index in [2.05, 4.69) is 4.98 Å². The number of nitrogens with zero attached hydrogens (tertiary/aromatic N) is 3. The van der Waals surface area contributed by atoms with Gasteiger partial charge < -0.3 is 4.74 Å². The van der Waals surface area contributed by atoms with Crippen molar-refractivity contribution >= 4 is 12.0 Å². The van der Waals surface area contributed by atoms with Crippen LogP contribution >= 0.6 is 0 Å². The van der Waals surface area contributed by atoms with Gasteiger partial charge in [0.15, 0.2) is 0 Å². The van der Waals surface area contributed by atoms with Crippen LogP contribution in [-0.4, -0.2) is 52.1 Å². The summed E-state index contributed by atoms with van der Waals surface area (Å²) in [5.74, 6) is -2.49. The van der Waals surface area contributed by atoms with Crippen LogP contribution in [0, 0.1) is 5.82 Å². The van der Waals surface area contributed by atoms with Gasteiger partial charge in [0.2, 0.25) is 5.67 Å². The summed E-state index contributed by atoms with van der Waals surface area (Å²) in [7, 11) is 0. The molecule has 0 radical (unpaired) electrons. The number of rotatable bonds is 5. The molecule has 34 heavy (non-hydrogen) atoms. The fraction of sp³-hybridized carbons (Fsp3) is 0.269. The molecular formula is C26H23F2N3O3. The molecule has 2 aromatic carbocycles. The van der Waals surface area contributed by atoms with E-state index in [9.17, 15) is 14.0 Å². The lowest BCUT2D eigenvalue weighted by atomic mass is 9.87. The van der Waals surface area contributed by atoms with E-state index in [-0.39, 0.29) is 25.4 Å². The Morgan fingerprint density at radius 3 is 2.44 bits per heavy atom. The van der Waals surface area contributed by atoms with Gasteiger partial charge in [0.25, 0.3) is 5.91 Å². The second kappa shape index (κ2) is 8.95. The number of carbonyl (C=O) groups is 2. The Hall–Kier alpha value is -3.65. The lowest BCUT2D eigenvalue weighted by Gasteiger charge is -2.30. The monoisotopic (exact) mass is 463 g/mol. The van der Waals surface area contributed by atoms with Crippen LogP contribution in [0.3, 0.4) is 0 Å². The van der Waals surface area contributed by atoms with Crippen molar-refractivity contribution in [1.82, 2.24) is 14.8 Å². The fourth-order valence-electron chi connectivity index (χ4n) is 4.77. The van der Waals surface area contributed by atoms with E-state index in [4.69, 9.17) is 4.74 Å². The zero-order valence-corrected chi connectivity index (χ0v) is 18.3. The van der Waals surface area contributed by atoms with E-state index in [1.54, 1.807) is 24.3 Å². The number of halogens is 2. The number of benzene rings is 2. The molecule has 0 bridgehead atoms. The third-order valence-electron chi connectivity index (χ3n) is 6.43. The molecule has 0 spiro atoms. The van der Waals surface area contributed by atoms with Crippen molar-refractivity contribution in [2.75, 3.05) is 19.7 Å². The molecule has 8 heteroatoms. The zero-order chi connectivity index (χ0) is 23.7. The summed E-state index contributed by atoms with van der Waals surface area (Å²) in [6.45, 7) is 0.340. The fourth-order valence-corrected chi connectivity index (χ4v) is 4.77. The first-order valence-corrected chi connectivity index (χ1v) is 11.1. The van der Waals surface area contributed by atoms with Gasteiger partial charge in [-0.2, -0.15) is 0 Å². The van der Waals surface area contributed by atoms with Crippen molar-refractivity contribution in [2.24, 2.45) is 0 Å². The molecule has 0 N–H and O–H groups in total. The summed E-state index contributed by atoms with van der Waals surface area (Å²) < 4.78 is 35.5. The Kier molecular flexibility index (Phi) is 5.83.